The monoisotopic (exact) mass is 398 g/mol. The highest BCUT2D eigenvalue weighted by atomic mass is 79.9. The maximum Gasteiger partial charge on any atom is 0.254 e. The Morgan fingerprint density at radius 3 is 2.52 bits per heavy atom. The summed E-state index contributed by atoms with van der Waals surface area (Å²) >= 11 is 3.39. The van der Waals surface area contributed by atoms with Gasteiger partial charge in [-0.1, -0.05) is 15.9 Å². The molecule has 0 aliphatic rings. The molecule has 4 aromatic rings. The molecule has 25 heavy (non-hydrogen) atoms. The lowest BCUT2D eigenvalue weighted by Gasteiger charge is -2.04. The zero-order chi connectivity index (χ0) is 17.1. The number of ether oxygens (including phenoxy) is 1. The van der Waals surface area contributed by atoms with Crippen molar-refractivity contribution in [2.24, 2.45) is 0 Å². The topological polar surface area (TPSA) is 91.8 Å². The maximum atomic E-state index is 5.67. The van der Waals surface area contributed by atoms with Crippen LogP contribution in [0.25, 0.3) is 17.1 Å². The van der Waals surface area contributed by atoms with Gasteiger partial charge in [-0.25, -0.2) is 4.68 Å². The Morgan fingerprint density at radius 1 is 1.00 bits per heavy atom. The fraction of sp³-hybridized carbons (Fsp3) is 0.0625. The molecule has 0 atom stereocenters. The van der Waals surface area contributed by atoms with E-state index in [0.717, 1.165) is 15.7 Å². The van der Waals surface area contributed by atoms with E-state index >= 15 is 0 Å². The molecule has 0 unspecified atom stereocenters. The summed E-state index contributed by atoms with van der Waals surface area (Å²) in [6.45, 7) is 0.188. The second-order valence-corrected chi connectivity index (χ2v) is 5.96. The molecule has 0 spiro atoms. The smallest absolute Gasteiger partial charge is 0.254 e. The molecule has 0 N–H and O–H groups in total. The number of hydrogen-bond donors (Lipinski definition) is 0. The van der Waals surface area contributed by atoms with Gasteiger partial charge in [-0.15, -0.1) is 15.3 Å². The largest absolute Gasteiger partial charge is 0.484 e. The molecule has 0 radical (unpaired) electrons. The van der Waals surface area contributed by atoms with Crippen LogP contribution >= 0.6 is 15.9 Å². The van der Waals surface area contributed by atoms with Crippen molar-refractivity contribution in [3.63, 3.8) is 0 Å². The molecule has 2 heterocycles. The van der Waals surface area contributed by atoms with Gasteiger partial charge in [0.2, 0.25) is 5.89 Å². The van der Waals surface area contributed by atoms with E-state index < -0.39 is 0 Å². The number of hydrogen-bond acceptors (Lipinski definition) is 7. The van der Waals surface area contributed by atoms with E-state index in [1.165, 1.54) is 6.33 Å². The summed E-state index contributed by atoms with van der Waals surface area (Å²) in [4.78, 5) is 0. The number of benzene rings is 2. The van der Waals surface area contributed by atoms with E-state index in [1.54, 1.807) is 4.68 Å². The van der Waals surface area contributed by atoms with Crippen LogP contribution in [0.15, 0.2) is 63.7 Å². The van der Waals surface area contributed by atoms with Crippen LogP contribution in [0.2, 0.25) is 0 Å². The second-order valence-electron chi connectivity index (χ2n) is 5.04. The van der Waals surface area contributed by atoms with Crippen LogP contribution in [0.5, 0.6) is 5.75 Å². The van der Waals surface area contributed by atoms with E-state index in [9.17, 15) is 0 Å². The Bertz CT molecular complexity index is 951. The molecule has 0 fully saturated rings. The zero-order valence-electron chi connectivity index (χ0n) is 12.8. The van der Waals surface area contributed by atoms with Crippen LogP contribution in [0.4, 0.5) is 0 Å². The lowest BCUT2D eigenvalue weighted by molar-refractivity contribution is 0.264. The highest BCUT2D eigenvalue weighted by Gasteiger charge is 2.09. The number of rotatable bonds is 5. The molecule has 2 aromatic heterocycles. The van der Waals surface area contributed by atoms with Gasteiger partial charge < -0.3 is 9.15 Å². The minimum Gasteiger partial charge on any atom is -0.484 e. The lowest BCUT2D eigenvalue weighted by atomic mass is 10.2. The molecule has 0 aliphatic carbocycles. The number of aromatic nitrogens is 6. The fourth-order valence-corrected chi connectivity index (χ4v) is 2.41. The molecule has 8 nitrogen and oxygen atoms in total. The molecule has 0 saturated heterocycles. The van der Waals surface area contributed by atoms with E-state index in [2.05, 4.69) is 41.7 Å². The normalized spacial score (nSPS) is 10.8. The molecular formula is C16H11BrN6O2. The third-order valence-electron chi connectivity index (χ3n) is 3.37. The van der Waals surface area contributed by atoms with Crippen molar-refractivity contribution in [2.45, 2.75) is 6.61 Å². The predicted molar refractivity (Wildman–Crippen MR) is 90.9 cm³/mol. The first-order valence-electron chi connectivity index (χ1n) is 7.32. The molecular weight excluding hydrogens is 388 g/mol. The minimum absolute atomic E-state index is 0.188. The van der Waals surface area contributed by atoms with Gasteiger partial charge >= 0.3 is 0 Å². The van der Waals surface area contributed by atoms with Crippen LogP contribution in [0.3, 0.4) is 0 Å². The Balaban J connectivity index is 1.41. The van der Waals surface area contributed by atoms with Crippen molar-refractivity contribution in [2.75, 3.05) is 0 Å². The van der Waals surface area contributed by atoms with Crippen LogP contribution in [-0.2, 0) is 6.61 Å². The molecule has 2 aromatic carbocycles. The molecule has 0 bridgehead atoms. The molecule has 0 aliphatic heterocycles. The van der Waals surface area contributed by atoms with E-state index in [1.807, 2.05) is 48.5 Å². The Hall–Kier alpha value is -3.07. The van der Waals surface area contributed by atoms with Gasteiger partial charge in [-0.2, -0.15) is 0 Å². The summed E-state index contributed by atoms with van der Waals surface area (Å²) in [5.74, 6) is 1.54. The standard InChI is InChI=1S/C16H11BrN6O2/c17-12-3-1-11(2-4-12)16-20-19-15(25-16)9-24-14-7-5-13(6-8-14)23-10-18-21-22-23/h1-8,10H,9H2. The van der Waals surface area contributed by atoms with Gasteiger partial charge in [0.15, 0.2) is 6.61 Å². The third kappa shape index (κ3) is 3.56. The Labute approximate surface area is 150 Å². The molecule has 124 valence electrons. The number of tetrazole rings is 1. The first kappa shape index (κ1) is 15.5. The lowest BCUT2D eigenvalue weighted by Crippen LogP contribution is -1.97. The first-order valence-corrected chi connectivity index (χ1v) is 8.12. The molecule has 0 amide bonds. The summed E-state index contributed by atoms with van der Waals surface area (Å²) < 4.78 is 13.8. The zero-order valence-corrected chi connectivity index (χ0v) is 14.4. The van der Waals surface area contributed by atoms with Gasteiger partial charge in [-0.05, 0) is 59.0 Å². The van der Waals surface area contributed by atoms with Gasteiger partial charge in [0.25, 0.3) is 5.89 Å². The van der Waals surface area contributed by atoms with Crippen molar-refractivity contribution in [1.29, 1.82) is 0 Å². The van der Waals surface area contributed by atoms with E-state index in [0.29, 0.717) is 17.5 Å². The quantitative estimate of drug-likeness (QED) is 0.509. The van der Waals surface area contributed by atoms with Gasteiger partial charge in [-0.3, -0.25) is 0 Å². The average Bonchev–Trinajstić information content (AvgIpc) is 3.33. The maximum absolute atomic E-state index is 5.67. The minimum atomic E-state index is 0.188. The van der Waals surface area contributed by atoms with Gasteiger partial charge in [0.05, 0.1) is 5.69 Å². The third-order valence-corrected chi connectivity index (χ3v) is 3.90. The van der Waals surface area contributed by atoms with Crippen molar-refractivity contribution in [1.82, 2.24) is 30.4 Å². The molecule has 4 rings (SSSR count). The Kier molecular flexibility index (Phi) is 4.21. The fourth-order valence-electron chi connectivity index (χ4n) is 2.14. The predicted octanol–water partition coefficient (Wildman–Crippen LogP) is 3.05. The summed E-state index contributed by atoms with van der Waals surface area (Å²) in [6, 6.07) is 15.0. The summed E-state index contributed by atoms with van der Waals surface area (Å²) in [6.07, 6.45) is 1.53. The summed E-state index contributed by atoms with van der Waals surface area (Å²) in [5.41, 5.74) is 1.69. The van der Waals surface area contributed by atoms with Crippen LogP contribution in [0.1, 0.15) is 5.89 Å². The van der Waals surface area contributed by atoms with Gasteiger partial charge in [0.1, 0.15) is 12.1 Å². The summed E-state index contributed by atoms with van der Waals surface area (Å²) in [7, 11) is 0. The van der Waals surface area contributed by atoms with Crippen molar-refractivity contribution < 1.29 is 9.15 Å². The van der Waals surface area contributed by atoms with Gasteiger partial charge in [0, 0.05) is 10.0 Å². The SMILES string of the molecule is Brc1ccc(-c2nnc(COc3ccc(-n4cnnn4)cc3)o2)cc1. The van der Waals surface area contributed by atoms with Crippen LogP contribution < -0.4 is 4.74 Å². The first-order chi connectivity index (χ1) is 12.3. The summed E-state index contributed by atoms with van der Waals surface area (Å²) in [5, 5.41) is 19.1. The second kappa shape index (κ2) is 6.81. The highest BCUT2D eigenvalue weighted by Crippen LogP contribution is 2.21. The van der Waals surface area contributed by atoms with Crippen molar-refractivity contribution in [3.05, 3.63) is 65.2 Å². The van der Waals surface area contributed by atoms with Crippen LogP contribution in [0, 0.1) is 0 Å². The Morgan fingerprint density at radius 2 is 1.80 bits per heavy atom. The highest BCUT2D eigenvalue weighted by molar-refractivity contribution is 9.10. The van der Waals surface area contributed by atoms with Crippen LogP contribution in [-0.4, -0.2) is 30.4 Å². The average molecular weight is 399 g/mol. The number of nitrogens with zero attached hydrogens (tertiary/aromatic N) is 6. The number of halogens is 1. The van der Waals surface area contributed by atoms with E-state index in [4.69, 9.17) is 9.15 Å². The van der Waals surface area contributed by atoms with Crippen molar-refractivity contribution >= 4 is 15.9 Å². The van der Waals surface area contributed by atoms with E-state index in [-0.39, 0.29) is 6.61 Å². The van der Waals surface area contributed by atoms with Crippen molar-refractivity contribution in [3.8, 4) is 22.9 Å². The molecule has 9 heteroatoms. The molecule has 0 saturated carbocycles.